The average molecular weight is 623 g/mol. The minimum atomic E-state index is 0.0164. The summed E-state index contributed by atoms with van der Waals surface area (Å²) in [6, 6.07) is 42.7. The van der Waals surface area contributed by atoms with Crippen LogP contribution in [0.4, 0.5) is 22.7 Å². The van der Waals surface area contributed by atoms with E-state index in [0.717, 1.165) is 4.15 Å². The van der Waals surface area contributed by atoms with Gasteiger partial charge in [-0.1, -0.05) is 0 Å². The van der Waals surface area contributed by atoms with Gasteiger partial charge in [-0.15, -0.1) is 0 Å². The van der Waals surface area contributed by atoms with Gasteiger partial charge in [-0.2, -0.15) is 0 Å². The van der Waals surface area contributed by atoms with Crippen molar-refractivity contribution in [1.29, 1.82) is 0 Å². The summed E-state index contributed by atoms with van der Waals surface area (Å²) in [4.78, 5) is 9.68. The standard InChI is InChI=1S/C27H26B2N4.Pt/c1-30(24-15-7-3-8-16-24)28-29(31(2)25-17-9-4-10-18-25)33(27-21-13-6-14-22-27)23-32(28)26-19-11-5-12-20-26;/h3-22H,1-2H3;. The molecule has 0 aromatic heterocycles. The normalized spacial score (nSPS) is 13.5. The van der Waals surface area contributed by atoms with Crippen LogP contribution in [0.15, 0.2) is 121 Å². The van der Waals surface area contributed by atoms with Gasteiger partial charge in [0.15, 0.2) is 0 Å². The second-order valence-electron chi connectivity index (χ2n) is 8.37. The van der Waals surface area contributed by atoms with Crippen LogP contribution >= 0.6 is 0 Å². The Labute approximate surface area is 214 Å². The first-order valence-corrected chi connectivity index (χ1v) is 12.5. The summed E-state index contributed by atoms with van der Waals surface area (Å²) in [6.07, 6.45) is 0. The molecular weight excluding hydrogens is 597 g/mol. The summed E-state index contributed by atoms with van der Waals surface area (Å²) in [5, 5.41) is 0. The molecule has 0 spiro atoms. The third-order valence-corrected chi connectivity index (χ3v) is 7.45. The molecule has 5 rings (SSSR count). The Hall–Kier alpha value is -3.23. The predicted octanol–water partition coefficient (Wildman–Crippen LogP) is 4.98. The molecule has 4 aromatic rings. The molecular formula is C27H26B2N4Pt. The Morgan fingerprint density at radius 3 is 1.12 bits per heavy atom. The van der Waals surface area contributed by atoms with Crippen molar-refractivity contribution in [3.05, 3.63) is 121 Å². The van der Waals surface area contributed by atoms with Gasteiger partial charge in [-0.3, -0.25) is 0 Å². The van der Waals surface area contributed by atoms with Crippen LogP contribution in [0.25, 0.3) is 0 Å². The third-order valence-electron chi connectivity index (χ3n) is 6.35. The van der Waals surface area contributed by atoms with E-state index in [1.165, 1.54) is 22.7 Å². The molecule has 1 aliphatic rings. The second kappa shape index (κ2) is 9.95. The number of para-hydroxylation sites is 4. The second-order valence-corrected chi connectivity index (χ2v) is 9.39. The Balaban J connectivity index is 1.70. The summed E-state index contributed by atoms with van der Waals surface area (Å²) in [6.45, 7) is 0.0328. The maximum absolute atomic E-state index is 2.49. The average Bonchev–Trinajstić information content (AvgIpc) is 3.22. The zero-order valence-corrected chi connectivity index (χ0v) is 21.6. The van der Waals surface area contributed by atoms with E-state index in [4.69, 9.17) is 0 Å². The van der Waals surface area contributed by atoms with Crippen LogP contribution < -0.4 is 19.2 Å². The van der Waals surface area contributed by atoms with Gasteiger partial charge in [-0.05, 0) is 0 Å². The zero-order valence-electron chi connectivity index (χ0n) is 19.3. The molecule has 1 heterocycles. The first kappa shape index (κ1) is 22.6. The van der Waals surface area contributed by atoms with Gasteiger partial charge in [0.25, 0.3) is 0 Å². The van der Waals surface area contributed by atoms with Gasteiger partial charge in [0.05, 0.1) is 0 Å². The van der Waals surface area contributed by atoms with E-state index in [-0.39, 0.29) is 13.7 Å². The number of nitrogens with zero attached hydrogens (tertiary/aromatic N) is 4. The molecule has 1 aliphatic heterocycles. The first-order chi connectivity index (χ1) is 16.7. The van der Waals surface area contributed by atoms with Crippen LogP contribution in [0, 0.1) is 0 Å². The van der Waals surface area contributed by atoms with Gasteiger partial charge in [0.1, 0.15) is 0 Å². The van der Waals surface area contributed by atoms with Crippen LogP contribution in [0.3, 0.4) is 0 Å². The number of anilines is 4. The Morgan fingerprint density at radius 1 is 0.500 bits per heavy atom. The molecule has 34 heavy (non-hydrogen) atoms. The van der Waals surface area contributed by atoms with Crippen molar-refractivity contribution >= 4 is 40.6 Å². The topological polar surface area (TPSA) is 13.0 Å². The Bertz CT molecular complexity index is 1130. The Morgan fingerprint density at radius 2 is 0.794 bits per heavy atom. The molecule has 4 nitrogen and oxygen atoms in total. The maximum atomic E-state index is 2.49. The summed E-state index contributed by atoms with van der Waals surface area (Å²) in [5.74, 6) is 0. The van der Waals surface area contributed by atoms with E-state index in [9.17, 15) is 0 Å². The van der Waals surface area contributed by atoms with Crippen LogP contribution in [-0.2, 0) is 19.4 Å². The SMILES string of the molecule is CN(B1B(N(C)c2ccccc2)N(c2ccccc2)[C](=[Pt])N1c1ccccc1)c1ccccc1. The molecule has 1 fully saturated rings. The molecule has 0 bridgehead atoms. The molecule has 0 saturated carbocycles. The van der Waals surface area contributed by atoms with Crippen molar-refractivity contribution in [2.24, 2.45) is 0 Å². The summed E-state index contributed by atoms with van der Waals surface area (Å²) in [5.41, 5.74) is 4.70. The summed E-state index contributed by atoms with van der Waals surface area (Å²) in [7, 11) is 4.39. The van der Waals surface area contributed by atoms with E-state index in [0.29, 0.717) is 0 Å². The van der Waals surface area contributed by atoms with Crippen molar-refractivity contribution in [1.82, 2.24) is 0 Å². The van der Waals surface area contributed by atoms with Crippen molar-refractivity contribution in [2.45, 2.75) is 0 Å². The van der Waals surface area contributed by atoms with Crippen molar-refractivity contribution < 1.29 is 19.4 Å². The summed E-state index contributed by atoms with van der Waals surface area (Å²) >= 11 is 2.49. The number of benzene rings is 4. The molecule has 0 atom stereocenters. The molecule has 4 aromatic carbocycles. The fourth-order valence-corrected chi connectivity index (χ4v) is 5.83. The monoisotopic (exact) mass is 623 g/mol. The molecule has 170 valence electrons. The fourth-order valence-electron chi connectivity index (χ4n) is 4.64. The molecule has 1 saturated heterocycles. The number of rotatable bonds is 6. The van der Waals surface area contributed by atoms with Crippen molar-refractivity contribution in [2.75, 3.05) is 33.3 Å². The van der Waals surface area contributed by atoms with Crippen molar-refractivity contribution in [3.8, 4) is 0 Å². The van der Waals surface area contributed by atoms with Crippen LogP contribution in [-0.4, -0.2) is 32.0 Å². The quantitative estimate of drug-likeness (QED) is 0.282. The van der Waals surface area contributed by atoms with Crippen LogP contribution in [0.5, 0.6) is 0 Å². The molecule has 0 aliphatic carbocycles. The van der Waals surface area contributed by atoms with Gasteiger partial charge in [-0.25, -0.2) is 0 Å². The fraction of sp³-hybridized carbons (Fsp3) is 0.0741. The van der Waals surface area contributed by atoms with E-state index in [2.05, 4.69) is 174 Å². The van der Waals surface area contributed by atoms with Crippen LogP contribution in [0.2, 0.25) is 0 Å². The predicted molar refractivity (Wildman–Crippen MR) is 144 cm³/mol. The molecule has 0 N–H and O–H groups in total. The van der Waals surface area contributed by atoms with Gasteiger partial charge in [0, 0.05) is 0 Å². The molecule has 0 unspecified atom stereocenters. The molecule has 0 amide bonds. The zero-order chi connectivity index (χ0) is 23.5. The summed E-state index contributed by atoms with van der Waals surface area (Å²) < 4.78 is 1.16. The number of hydrogen-bond acceptors (Lipinski definition) is 4. The van der Waals surface area contributed by atoms with Gasteiger partial charge < -0.3 is 0 Å². The molecule has 7 heteroatoms. The molecule has 0 radical (unpaired) electrons. The van der Waals surface area contributed by atoms with Gasteiger partial charge in [0.2, 0.25) is 0 Å². The van der Waals surface area contributed by atoms with Crippen LogP contribution in [0.1, 0.15) is 0 Å². The van der Waals surface area contributed by atoms with E-state index < -0.39 is 0 Å². The van der Waals surface area contributed by atoms with Gasteiger partial charge >= 0.3 is 215 Å². The third kappa shape index (κ3) is 4.19. The first-order valence-electron chi connectivity index (χ1n) is 11.4. The minimum absolute atomic E-state index is 0.0164. The van der Waals surface area contributed by atoms with Crippen molar-refractivity contribution in [3.63, 3.8) is 0 Å². The van der Waals surface area contributed by atoms with E-state index >= 15 is 0 Å². The van der Waals surface area contributed by atoms with E-state index in [1.54, 1.807) is 0 Å². The number of hydrogen-bond donors (Lipinski definition) is 0. The Kier molecular flexibility index (Phi) is 6.60. The van der Waals surface area contributed by atoms with E-state index in [1.807, 2.05) is 0 Å².